The van der Waals surface area contributed by atoms with Gasteiger partial charge in [0.05, 0.1) is 0 Å². The van der Waals surface area contributed by atoms with Crippen LogP contribution in [0.25, 0.3) is 0 Å². The SMILES string of the molecule is NCCCC1CCCN1Cc1cc(F)ccc1F. The van der Waals surface area contributed by atoms with Gasteiger partial charge in [0.15, 0.2) is 0 Å². The van der Waals surface area contributed by atoms with E-state index in [1.165, 1.54) is 12.1 Å². The number of nitrogens with two attached hydrogens (primary N) is 1. The molecule has 1 heterocycles. The van der Waals surface area contributed by atoms with Crippen LogP contribution in [0.3, 0.4) is 0 Å². The third-order valence-electron chi connectivity index (χ3n) is 3.62. The van der Waals surface area contributed by atoms with Crippen molar-refractivity contribution in [1.82, 2.24) is 4.90 Å². The Hall–Kier alpha value is -1.00. The molecular weight excluding hydrogens is 234 g/mol. The summed E-state index contributed by atoms with van der Waals surface area (Å²) in [5, 5.41) is 0. The molecule has 1 unspecified atom stereocenters. The molecule has 2 rings (SSSR count). The van der Waals surface area contributed by atoms with Gasteiger partial charge >= 0.3 is 0 Å². The minimum atomic E-state index is -0.371. The number of halogens is 2. The van der Waals surface area contributed by atoms with Gasteiger partial charge in [0.2, 0.25) is 0 Å². The third kappa shape index (κ3) is 3.27. The largest absolute Gasteiger partial charge is 0.330 e. The predicted molar refractivity (Wildman–Crippen MR) is 68.1 cm³/mol. The van der Waals surface area contributed by atoms with Crippen LogP contribution in [-0.4, -0.2) is 24.0 Å². The maximum Gasteiger partial charge on any atom is 0.127 e. The standard InChI is InChI=1S/C14H20F2N2/c15-12-5-6-14(16)11(9-12)10-18-8-2-4-13(18)3-1-7-17/h5-6,9,13H,1-4,7-8,10,17H2. The highest BCUT2D eigenvalue weighted by atomic mass is 19.1. The van der Waals surface area contributed by atoms with Gasteiger partial charge in [-0.05, 0) is 57.0 Å². The molecule has 0 amide bonds. The van der Waals surface area contributed by atoms with E-state index in [0.717, 1.165) is 38.3 Å². The van der Waals surface area contributed by atoms with Gasteiger partial charge < -0.3 is 5.73 Å². The quantitative estimate of drug-likeness (QED) is 0.875. The second-order valence-electron chi connectivity index (χ2n) is 4.93. The number of hydrogen-bond donors (Lipinski definition) is 1. The molecule has 2 nitrogen and oxygen atoms in total. The maximum absolute atomic E-state index is 13.6. The minimum Gasteiger partial charge on any atom is -0.330 e. The lowest BCUT2D eigenvalue weighted by atomic mass is 10.1. The third-order valence-corrected chi connectivity index (χ3v) is 3.62. The molecule has 0 spiro atoms. The average molecular weight is 254 g/mol. The number of hydrogen-bond acceptors (Lipinski definition) is 2. The van der Waals surface area contributed by atoms with Gasteiger partial charge in [-0.3, -0.25) is 4.90 Å². The first-order valence-electron chi connectivity index (χ1n) is 6.58. The highest BCUT2D eigenvalue weighted by Crippen LogP contribution is 2.24. The number of benzene rings is 1. The Morgan fingerprint density at radius 2 is 2.17 bits per heavy atom. The second kappa shape index (κ2) is 6.25. The van der Waals surface area contributed by atoms with Crippen LogP contribution in [0, 0.1) is 11.6 Å². The molecule has 0 bridgehead atoms. The highest BCUT2D eigenvalue weighted by Gasteiger charge is 2.24. The van der Waals surface area contributed by atoms with Crippen LogP contribution < -0.4 is 5.73 Å². The molecule has 1 saturated heterocycles. The zero-order valence-corrected chi connectivity index (χ0v) is 10.5. The van der Waals surface area contributed by atoms with E-state index in [9.17, 15) is 8.78 Å². The van der Waals surface area contributed by atoms with Crippen LogP contribution in [0.5, 0.6) is 0 Å². The monoisotopic (exact) mass is 254 g/mol. The molecule has 0 aromatic heterocycles. The highest BCUT2D eigenvalue weighted by molar-refractivity contribution is 5.18. The van der Waals surface area contributed by atoms with E-state index in [-0.39, 0.29) is 11.6 Å². The summed E-state index contributed by atoms with van der Waals surface area (Å²) in [7, 11) is 0. The second-order valence-corrected chi connectivity index (χ2v) is 4.93. The van der Waals surface area contributed by atoms with E-state index in [0.29, 0.717) is 24.7 Å². The van der Waals surface area contributed by atoms with E-state index in [2.05, 4.69) is 4.90 Å². The van der Waals surface area contributed by atoms with Gasteiger partial charge in [-0.15, -0.1) is 0 Å². The number of rotatable bonds is 5. The van der Waals surface area contributed by atoms with Crippen LogP contribution in [0.4, 0.5) is 8.78 Å². The van der Waals surface area contributed by atoms with Gasteiger partial charge in [0.25, 0.3) is 0 Å². The first-order valence-corrected chi connectivity index (χ1v) is 6.58. The lowest BCUT2D eigenvalue weighted by Gasteiger charge is -2.24. The van der Waals surface area contributed by atoms with Crippen molar-refractivity contribution in [2.24, 2.45) is 5.73 Å². The van der Waals surface area contributed by atoms with Gasteiger partial charge in [0, 0.05) is 18.2 Å². The molecule has 1 fully saturated rings. The van der Waals surface area contributed by atoms with Gasteiger partial charge in [-0.25, -0.2) is 8.78 Å². The molecule has 2 N–H and O–H groups in total. The van der Waals surface area contributed by atoms with Gasteiger partial charge in [-0.1, -0.05) is 0 Å². The molecule has 0 saturated carbocycles. The molecule has 0 aliphatic carbocycles. The van der Waals surface area contributed by atoms with Crippen molar-refractivity contribution < 1.29 is 8.78 Å². The normalized spacial score (nSPS) is 20.5. The zero-order valence-electron chi connectivity index (χ0n) is 10.5. The van der Waals surface area contributed by atoms with E-state index in [1.54, 1.807) is 0 Å². The maximum atomic E-state index is 13.6. The van der Waals surface area contributed by atoms with Crippen LogP contribution >= 0.6 is 0 Å². The van der Waals surface area contributed by atoms with Crippen molar-refractivity contribution in [2.45, 2.75) is 38.3 Å². The Morgan fingerprint density at radius 3 is 2.94 bits per heavy atom. The van der Waals surface area contributed by atoms with Gasteiger partial charge in [-0.2, -0.15) is 0 Å². The van der Waals surface area contributed by atoms with Crippen LogP contribution in [-0.2, 0) is 6.54 Å². The molecule has 1 atom stereocenters. The topological polar surface area (TPSA) is 29.3 Å². The van der Waals surface area contributed by atoms with Crippen molar-refractivity contribution in [3.8, 4) is 0 Å². The molecule has 100 valence electrons. The summed E-state index contributed by atoms with van der Waals surface area (Å²) in [5.74, 6) is -0.690. The predicted octanol–water partition coefficient (Wildman–Crippen LogP) is 2.67. The lowest BCUT2D eigenvalue weighted by Crippen LogP contribution is -2.29. The minimum absolute atomic E-state index is 0.319. The first-order chi connectivity index (χ1) is 8.70. The Morgan fingerprint density at radius 1 is 1.33 bits per heavy atom. The van der Waals surface area contributed by atoms with Gasteiger partial charge in [0.1, 0.15) is 11.6 Å². The molecule has 1 aliphatic rings. The summed E-state index contributed by atoms with van der Waals surface area (Å²) in [6.45, 7) is 2.16. The van der Waals surface area contributed by atoms with E-state index >= 15 is 0 Å². The summed E-state index contributed by atoms with van der Waals surface area (Å²) < 4.78 is 26.7. The Balaban J connectivity index is 2.01. The molecule has 1 aromatic rings. The lowest BCUT2D eigenvalue weighted by molar-refractivity contribution is 0.229. The summed E-state index contributed by atoms with van der Waals surface area (Å²) >= 11 is 0. The number of likely N-dealkylation sites (tertiary alicyclic amines) is 1. The number of nitrogens with zero attached hydrogens (tertiary/aromatic N) is 1. The summed E-state index contributed by atoms with van der Waals surface area (Å²) in [6, 6.07) is 4.13. The van der Waals surface area contributed by atoms with Crippen LogP contribution in [0.15, 0.2) is 18.2 Å². The fourth-order valence-corrected chi connectivity index (χ4v) is 2.67. The molecule has 4 heteroatoms. The Bertz CT molecular complexity index is 395. The summed E-state index contributed by atoms with van der Waals surface area (Å²) in [4.78, 5) is 2.24. The molecule has 1 aromatic carbocycles. The van der Waals surface area contributed by atoms with E-state index in [1.807, 2.05) is 0 Å². The van der Waals surface area contributed by atoms with Crippen molar-refractivity contribution in [1.29, 1.82) is 0 Å². The Kier molecular flexibility index (Phi) is 4.66. The fourth-order valence-electron chi connectivity index (χ4n) is 2.67. The first kappa shape index (κ1) is 13.4. The Labute approximate surface area is 107 Å². The molecule has 18 heavy (non-hydrogen) atoms. The van der Waals surface area contributed by atoms with Crippen molar-refractivity contribution in [3.63, 3.8) is 0 Å². The van der Waals surface area contributed by atoms with E-state index in [4.69, 9.17) is 5.73 Å². The van der Waals surface area contributed by atoms with E-state index < -0.39 is 0 Å². The van der Waals surface area contributed by atoms with Crippen molar-refractivity contribution >= 4 is 0 Å². The average Bonchev–Trinajstić information content (AvgIpc) is 2.79. The smallest absolute Gasteiger partial charge is 0.127 e. The molecule has 0 radical (unpaired) electrons. The zero-order chi connectivity index (χ0) is 13.0. The van der Waals surface area contributed by atoms with Crippen molar-refractivity contribution in [2.75, 3.05) is 13.1 Å². The van der Waals surface area contributed by atoms with Crippen LogP contribution in [0.1, 0.15) is 31.2 Å². The molecule has 1 aliphatic heterocycles. The molecular formula is C14H20F2N2. The summed E-state index contributed by atoms with van der Waals surface area (Å²) in [5.41, 5.74) is 5.97. The van der Waals surface area contributed by atoms with Crippen LogP contribution in [0.2, 0.25) is 0 Å². The summed E-state index contributed by atoms with van der Waals surface area (Å²) in [6.07, 6.45) is 4.31. The van der Waals surface area contributed by atoms with Crippen molar-refractivity contribution in [3.05, 3.63) is 35.4 Å². The fraction of sp³-hybridized carbons (Fsp3) is 0.571.